The molecule has 0 heterocycles. The summed E-state index contributed by atoms with van der Waals surface area (Å²) < 4.78 is 0. The van der Waals surface area contributed by atoms with Crippen LogP contribution >= 0.6 is 0 Å². The van der Waals surface area contributed by atoms with E-state index in [9.17, 15) is 4.79 Å². The maximum Gasteiger partial charge on any atom is 0.218 e. The lowest BCUT2D eigenvalue weighted by atomic mass is 10.3. The summed E-state index contributed by atoms with van der Waals surface area (Å²) in [6.07, 6.45) is 2.04. The van der Waals surface area contributed by atoms with Crippen LogP contribution in [0.3, 0.4) is 0 Å². The smallest absolute Gasteiger partial charge is 0.218 e. The van der Waals surface area contributed by atoms with Gasteiger partial charge in [0, 0.05) is 19.5 Å². The van der Waals surface area contributed by atoms with Gasteiger partial charge in [-0.05, 0) is 5.57 Å². The average molecular weight is 154 g/mol. The molecular formula is C8H14N2O. The van der Waals surface area contributed by atoms with Crippen LogP contribution in [0.4, 0.5) is 0 Å². The highest BCUT2D eigenvalue weighted by Crippen LogP contribution is 1.86. The number of amides is 1. The van der Waals surface area contributed by atoms with Crippen molar-refractivity contribution in [3.63, 3.8) is 0 Å². The van der Waals surface area contributed by atoms with Crippen LogP contribution in [0.25, 0.3) is 0 Å². The largest absolute Gasteiger partial charge is 0.370 e. The Bertz CT molecular complexity index is 163. The number of carbonyl (C=O) groups excluding carboxylic acids is 1. The molecular weight excluding hydrogens is 140 g/mol. The summed E-state index contributed by atoms with van der Waals surface area (Å²) in [7, 11) is 0. The molecule has 0 aromatic rings. The Labute approximate surface area is 67.0 Å². The van der Waals surface area contributed by atoms with E-state index in [4.69, 9.17) is 5.73 Å². The van der Waals surface area contributed by atoms with Gasteiger partial charge in [0.15, 0.2) is 0 Å². The molecule has 0 rings (SSSR count). The molecule has 0 aromatic carbocycles. The minimum Gasteiger partial charge on any atom is -0.370 e. The molecule has 3 nitrogen and oxygen atoms in total. The van der Waals surface area contributed by atoms with E-state index in [2.05, 4.69) is 18.5 Å². The lowest BCUT2D eigenvalue weighted by molar-refractivity contribution is -0.117. The zero-order valence-corrected chi connectivity index (χ0v) is 6.60. The number of nitrogens with two attached hydrogens (primary N) is 1. The second-order valence-electron chi connectivity index (χ2n) is 2.26. The number of carbonyl (C=O) groups is 1. The van der Waals surface area contributed by atoms with Gasteiger partial charge in [0.1, 0.15) is 0 Å². The van der Waals surface area contributed by atoms with E-state index >= 15 is 0 Å². The fourth-order valence-electron chi connectivity index (χ4n) is 0.533. The molecule has 0 bridgehead atoms. The molecule has 1 amide bonds. The summed E-state index contributed by atoms with van der Waals surface area (Å²) in [5, 5.41) is 3.00. The van der Waals surface area contributed by atoms with Crippen molar-refractivity contribution in [2.45, 2.75) is 6.42 Å². The second kappa shape index (κ2) is 5.68. The highest BCUT2D eigenvalue weighted by Gasteiger charge is 1.92. The van der Waals surface area contributed by atoms with Crippen LogP contribution in [0.15, 0.2) is 24.8 Å². The minimum atomic E-state index is -0.290. The lowest BCUT2D eigenvalue weighted by Crippen LogP contribution is -2.23. The highest BCUT2D eigenvalue weighted by atomic mass is 16.1. The SMILES string of the molecule is C=CC(=C)CNCCC(N)=O. The average Bonchev–Trinajstić information content (AvgIpc) is 1.97. The molecule has 3 N–H and O–H groups in total. The predicted octanol–water partition coefficient (Wildman–Crippen LogP) is 0.194. The molecule has 0 radical (unpaired) electrons. The first-order valence-electron chi connectivity index (χ1n) is 3.46. The highest BCUT2D eigenvalue weighted by molar-refractivity contribution is 5.73. The summed E-state index contributed by atoms with van der Waals surface area (Å²) in [6, 6.07) is 0. The fraction of sp³-hybridized carbons (Fsp3) is 0.375. The third-order valence-corrected chi connectivity index (χ3v) is 1.19. The molecule has 0 fully saturated rings. The molecule has 11 heavy (non-hydrogen) atoms. The van der Waals surface area contributed by atoms with E-state index < -0.39 is 0 Å². The van der Waals surface area contributed by atoms with Crippen LogP contribution in [0.5, 0.6) is 0 Å². The number of primary amides is 1. The monoisotopic (exact) mass is 154 g/mol. The van der Waals surface area contributed by atoms with E-state index in [0.717, 1.165) is 5.57 Å². The van der Waals surface area contributed by atoms with Crippen LogP contribution in [-0.2, 0) is 4.79 Å². The summed E-state index contributed by atoms with van der Waals surface area (Å²) in [4.78, 5) is 10.3. The van der Waals surface area contributed by atoms with Gasteiger partial charge >= 0.3 is 0 Å². The third-order valence-electron chi connectivity index (χ3n) is 1.19. The van der Waals surface area contributed by atoms with Gasteiger partial charge in [-0.2, -0.15) is 0 Å². The number of hydrogen-bond donors (Lipinski definition) is 2. The number of rotatable bonds is 6. The van der Waals surface area contributed by atoms with Gasteiger partial charge in [0.2, 0.25) is 5.91 Å². The first-order chi connectivity index (χ1) is 5.16. The van der Waals surface area contributed by atoms with Crippen molar-refractivity contribution in [2.75, 3.05) is 13.1 Å². The topological polar surface area (TPSA) is 55.1 Å². The van der Waals surface area contributed by atoms with Crippen molar-refractivity contribution in [1.29, 1.82) is 0 Å². The van der Waals surface area contributed by atoms with Crippen LogP contribution in [0, 0.1) is 0 Å². The maximum absolute atomic E-state index is 10.3. The molecule has 0 atom stereocenters. The fourth-order valence-corrected chi connectivity index (χ4v) is 0.533. The first-order valence-corrected chi connectivity index (χ1v) is 3.46. The molecule has 0 aliphatic rings. The van der Waals surface area contributed by atoms with Gasteiger partial charge in [-0.3, -0.25) is 4.79 Å². The van der Waals surface area contributed by atoms with Crippen LogP contribution in [-0.4, -0.2) is 19.0 Å². The minimum absolute atomic E-state index is 0.290. The quantitative estimate of drug-likeness (QED) is 0.424. The van der Waals surface area contributed by atoms with E-state index in [0.29, 0.717) is 19.5 Å². The van der Waals surface area contributed by atoms with Crippen molar-refractivity contribution >= 4 is 5.91 Å². The maximum atomic E-state index is 10.3. The zero-order valence-electron chi connectivity index (χ0n) is 6.60. The van der Waals surface area contributed by atoms with Crippen molar-refractivity contribution in [3.05, 3.63) is 24.8 Å². The summed E-state index contributed by atoms with van der Waals surface area (Å²) in [5.74, 6) is -0.290. The molecule has 0 unspecified atom stereocenters. The molecule has 0 spiro atoms. The van der Waals surface area contributed by atoms with E-state index in [1.807, 2.05) is 0 Å². The predicted molar refractivity (Wildman–Crippen MR) is 46.0 cm³/mol. The lowest BCUT2D eigenvalue weighted by Gasteiger charge is -2.01. The summed E-state index contributed by atoms with van der Waals surface area (Å²) in [6.45, 7) is 8.50. The Balaban J connectivity index is 3.21. The Hall–Kier alpha value is -1.09. The van der Waals surface area contributed by atoms with Crippen molar-refractivity contribution in [3.8, 4) is 0 Å². The Morgan fingerprint density at radius 1 is 1.64 bits per heavy atom. The zero-order chi connectivity index (χ0) is 8.69. The van der Waals surface area contributed by atoms with Crippen LogP contribution < -0.4 is 11.1 Å². The summed E-state index contributed by atoms with van der Waals surface area (Å²) >= 11 is 0. The van der Waals surface area contributed by atoms with E-state index in [-0.39, 0.29) is 5.91 Å². The van der Waals surface area contributed by atoms with Crippen molar-refractivity contribution in [1.82, 2.24) is 5.32 Å². The first kappa shape index (κ1) is 9.91. The standard InChI is InChI=1S/C8H14N2O/c1-3-7(2)6-10-5-4-8(9)11/h3,10H,1-2,4-6H2,(H2,9,11). The Kier molecular flexibility index (Phi) is 5.11. The van der Waals surface area contributed by atoms with Gasteiger partial charge in [0.25, 0.3) is 0 Å². The summed E-state index contributed by atoms with van der Waals surface area (Å²) in [5.41, 5.74) is 5.83. The van der Waals surface area contributed by atoms with Gasteiger partial charge in [-0.1, -0.05) is 19.2 Å². The van der Waals surface area contributed by atoms with Crippen LogP contribution in [0.1, 0.15) is 6.42 Å². The molecule has 3 heteroatoms. The van der Waals surface area contributed by atoms with Gasteiger partial charge in [-0.15, -0.1) is 0 Å². The number of nitrogens with one attached hydrogen (secondary N) is 1. The van der Waals surface area contributed by atoms with Gasteiger partial charge < -0.3 is 11.1 Å². The molecule has 0 aliphatic heterocycles. The molecule has 0 saturated carbocycles. The van der Waals surface area contributed by atoms with E-state index in [1.54, 1.807) is 6.08 Å². The molecule has 0 aliphatic carbocycles. The van der Waals surface area contributed by atoms with Crippen molar-refractivity contribution < 1.29 is 4.79 Å². The third kappa shape index (κ3) is 6.80. The molecule has 0 saturated heterocycles. The number of hydrogen-bond acceptors (Lipinski definition) is 2. The Morgan fingerprint density at radius 3 is 2.73 bits per heavy atom. The molecule has 0 aromatic heterocycles. The van der Waals surface area contributed by atoms with E-state index in [1.165, 1.54) is 0 Å². The molecule has 62 valence electrons. The second-order valence-corrected chi connectivity index (χ2v) is 2.26. The van der Waals surface area contributed by atoms with Crippen LogP contribution in [0.2, 0.25) is 0 Å². The van der Waals surface area contributed by atoms with Gasteiger partial charge in [0.05, 0.1) is 0 Å². The van der Waals surface area contributed by atoms with Gasteiger partial charge in [-0.25, -0.2) is 0 Å². The van der Waals surface area contributed by atoms with Crippen molar-refractivity contribution in [2.24, 2.45) is 5.73 Å². The Morgan fingerprint density at radius 2 is 2.27 bits per heavy atom. The normalized spacial score (nSPS) is 9.09.